The van der Waals surface area contributed by atoms with Crippen LogP contribution in [-0.2, 0) is 11.2 Å². The van der Waals surface area contributed by atoms with E-state index in [-0.39, 0.29) is 18.5 Å². The Morgan fingerprint density at radius 1 is 1.40 bits per heavy atom. The molecule has 1 rings (SSSR count). The predicted molar refractivity (Wildman–Crippen MR) is 80.4 cm³/mol. The number of anilines is 2. The second kappa shape index (κ2) is 7.64. The van der Waals surface area contributed by atoms with Gasteiger partial charge >= 0.3 is 0 Å². The second-order valence-corrected chi connectivity index (χ2v) is 4.76. The van der Waals surface area contributed by atoms with Gasteiger partial charge in [0, 0.05) is 18.2 Å². The van der Waals surface area contributed by atoms with Crippen LogP contribution < -0.4 is 21.5 Å². The fourth-order valence-corrected chi connectivity index (χ4v) is 2.00. The van der Waals surface area contributed by atoms with Crippen LogP contribution in [0.3, 0.4) is 0 Å². The zero-order valence-corrected chi connectivity index (χ0v) is 12.6. The molecule has 112 valence electrons. The van der Waals surface area contributed by atoms with Crippen molar-refractivity contribution in [1.29, 1.82) is 0 Å². The van der Waals surface area contributed by atoms with Crippen LogP contribution in [-0.4, -0.2) is 35.0 Å². The Morgan fingerprint density at radius 2 is 2.10 bits per heavy atom. The van der Waals surface area contributed by atoms with Crippen LogP contribution in [0.1, 0.15) is 33.3 Å². The molecule has 0 saturated carbocycles. The molecule has 0 fully saturated rings. The Labute approximate surface area is 119 Å². The van der Waals surface area contributed by atoms with E-state index in [0.29, 0.717) is 12.4 Å². The maximum atomic E-state index is 11.9. The number of carbonyl (C=O) groups is 1. The monoisotopic (exact) mass is 280 g/mol. The Bertz CT molecular complexity index is 448. The minimum Gasteiger partial charge on any atom is -0.352 e. The summed E-state index contributed by atoms with van der Waals surface area (Å²) in [6, 6.07) is 0.124. The van der Waals surface area contributed by atoms with Crippen LogP contribution in [0.4, 0.5) is 11.6 Å². The first kappa shape index (κ1) is 16.2. The zero-order chi connectivity index (χ0) is 15.1. The van der Waals surface area contributed by atoms with Crippen molar-refractivity contribution in [2.75, 3.05) is 23.4 Å². The average Bonchev–Trinajstić information content (AvgIpc) is 2.42. The number of hydrogen-bond acceptors (Lipinski definition) is 6. The maximum absolute atomic E-state index is 11.9. The third-order valence-electron chi connectivity index (χ3n) is 2.88. The molecular formula is C13H24N6O. The molecular weight excluding hydrogens is 256 g/mol. The molecule has 1 aromatic rings. The van der Waals surface area contributed by atoms with Gasteiger partial charge in [0.25, 0.3) is 0 Å². The molecule has 1 amide bonds. The van der Waals surface area contributed by atoms with Gasteiger partial charge in [-0.15, -0.1) is 0 Å². The summed E-state index contributed by atoms with van der Waals surface area (Å²) in [5.41, 5.74) is 3.48. The van der Waals surface area contributed by atoms with E-state index in [1.165, 1.54) is 6.33 Å². The number of nitrogens with two attached hydrogens (primary N) is 1. The molecule has 0 saturated heterocycles. The van der Waals surface area contributed by atoms with Gasteiger partial charge in [-0.2, -0.15) is 0 Å². The fraction of sp³-hybridized carbons (Fsp3) is 0.615. The summed E-state index contributed by atoms with van der Waals surface area (Å²) in [7, 11) is 0. The Morgan fingerprint density at radius 3 is 2.60 bits per heavy atom. The number of rotatable bonds is 7. The van der Waals surface area contributed by atoms with E-state index in [2.05, 4.69) is 20.7 Å². The quantitative estimate of drug-likeness (QED) is 0.502. The summed E-state index contributed by atoms with van der Waals surface area (Å²) in [5.74, 6) is 6.79. The van der Waals surface area contributed by atoms with E-state index < -0.39 is 0 Å². The number of nitrogens with zero attached hydrogens (tertiary/aromatic N) is 3. The lowest BCUT2D eigenvalue weighted by atomic mass is 10.2. The molecule has 0 spiro atoms. The molecule has 7 heteroatoms. The van der Waals surface area contributed by atoms with Gasteiger partial charge in [0.2, 0.25) is 5.91 Å². The van der Waals surface area contributed by atoms with Crippen molar-refractivity contribution in [3.63, 3.8) is 0 Å². The molecule has 0 aliphatic heterocycles. The molecule has 1 heterocycles. The van der Waals surface area contributed by atoms with Gasteiger partial charge in [-0.25, -0.2) is 15.8 Å². The van der Waals surface area contributed by atoms with E-state index >= 15 is 0 Å². The lowest BCUT2D eigenvalue weighted by molar-refractivity contribution is -0.120. The number of hydrogen-bond donors (Lipinski definition) is 3. The summed E-state index contributed by atoms with van der Waals surface area (Å²) < 4.78 is 0. The van der Waals surface area contributed by atoms with Crippen LogP contribution in [0.15, 0.2) is 6.33 Å². The van der Waals surface area contributed by atoms with Crippen molar-refractivity contribution in [3.8, 4) is 0 Å². The Kier molecular flexibility index (Phi) is 6.17. The number of nitrogens with one attached hydrogen (secondary N) is 2. The number of nitrogen functional groups attached to an aromatic ring is 1. The van der Waals surface area contributed by atoms with E-state index in [9.17, 15) is 4.79 Å². The van der Waals surface area contributed by atoms with Crippen molar-refractivity contribution in [2.24, 2.45) is 5.84 Å². The van der Waals surface area contributed by atoms with Crippen molar-refractivity contribution in [2.45, 2.75) is 40.2 Å². The van der Waals surface area contributed by atoms with E-state index in [1.54, 1.807) is 0 Å². The largest absolute Gasteiger partial charge is 0.352 e. The van der Waals surface area contributed by atoms with Crippen LogP contribution in [0.5, 0.6) is 0 Å². The summed E-state index contributed by atoms with van der Waals surface area (Å²) in [6.45, 7) is 8.81. The molecule has 1 aromatic heterocycles. The van der Waals surface area contributed by atoms with Crippen molar-refractivity contribution >= 4 is 17.5 Å². The molecule has 0 unspecified atom stereocenters. The minimum absolute atomic E-state index is 0.0234. The number of carbonyl (C=O) groups excluding carboxylic acids is 1. The van der Waals surface area contributed by atoms with Crippen LogP contribution >= 0.6 is 0 Å². The average molecular weight is 280 g/mol. The highest BCUT2D eigenvalue weighted by molar-refractivity contribution is 5.81. The summed E-state index contributed by atoms with van der Waals surface area (Å²) in [6.07, 6.45) is 2.19. The van der Waals surface area contributed by atoms with Gasteiger partial charge in [-0.05, 0) is 27.2 Å². The van der Waals surface area contributed by atoms with E-state index in [0.717, 1.165) is 17.8 Å². The standard InChI is InChI=1S/C13H24N6O/c1-5-10-12(18-14)15-8-16-13(10)19(6-2)7-11(20)17-9(3)4/h8-9H,5-7,14H2,1-4H3,(H,17,20)(H,15,16,18). The predicted octanol–water partition coefficient (Wildman–Crippen LogP) is 0.676. The van der Waals surface area contributed by atoms with Gasteiger partial charge in [-0.1, -0.05) is 6.92 Å². The van der Waals surface area contributed by atoms with Gasteiger partial charge in [0.15, 0.2) is 0 Å². The number of aromatic nitrogens is 2. The van der Waals surface area contributed by atoms with Crippen LogP contribution in [0.25, 0.3) is 0 Å². The summed E-state index contributed by atoms with van der Waals surface area (Å²) >= 11 is 0. The Balaban J connectivity index is 2.97. The zero-order valence-electron chi connectivity index (χ0n) is 12.6. The highest BCUT2D eigenvalue weighted by Crippen LogP contribution is 2.23. The van der Waals surface area contributed by atoms with Crippen LogP contribution in [0, 0.1) is 0 Å². The van der Waals surface area contributed by atoms with Crippen LogP contribution in [0.2, 0.25) is 0 Å². The molecule has 0 atom stereocenters. The van der Waals surface area contributed by atoms with E-state index in [1.807, 2.05) is 32.6 Å². The lowest BCUT2D eigenvalue weighted by Crippen LogP contribution is -2.40. The van der Waals surface area contributed by atoms with Crippen molar-refractivity contribution in [1.82, 2.24) is 15.3 Å². The first-order chi connectivity index (χ1) is 9.53. The summed E-state index contributed by atoms with van der Waals surface area (Å²) in [4.78, 5) is 22.2. The maximum Gasteiger partial charge on any atom is 0.239 e. The highest BCUT2D eigenvalue weighted by atomic mass is 16.2. The number of amides is 1. The number of hydrazine groups is 1. The first-order valence-corrected chi connectivity index (χ1v) is 6.88. The van der Waals surface area contributed by atoms with Crippen molar-refractivity contribution < 1.29 is 4.79 Å². The summed E-state index contributed by atoms with van der Waals surface area (Å²) in [5, 5.41) is 2.88. The Hall–Kier alpha value is -1.89. The molecule has 0 bridgehead atoms. The molecule has 0 aliphatic rings. The molecule has 0 radical (unpaired) electrons. The molecule has 0 aliphatic carbocycles. The minimum atomic E-state index is -0.0234. The molecule has 20 heavy (non-hydrogen) atoms. The topological polar surface area (TPSA) is 96.2 Å². The highest BCUT2D eigenvalue weighted by Gasteiger charge is 2.17. The van der Waals surface area contributed by atoms with Crippen molar-refractivity contribution in [3.05, 3.63) is 11.9 Å². The molecule has 0 aromatic carbocycles. The van der Waals surface area contributed by atoms with Gasteiger partial charge < -0.3 is 15.6 Å². The molecule has 4 N–H and O–H groups in total. The molecule has 7 nitrogen and oxygen atoms in total. The fourth-order valence-electron chi connectivity index (χ4n) is 2.00. The normalized spacial score (nSPS) is 10.5. The van der Waals surface area contributed by atoms with E-state index in [4.69, 9.17) is 5.84 Å². The SMILES string of the molecule is CCc1c(NN)ncnc1N(CC)CC(=O)NC(C)C. The third kappa shape index (κ3) is 4.06. The smallest absolute Gasteiger partial charge is 0.239 e. The number of likely N-dealkylation sites (N-methyl/N-ethyl adjacent to an activating group) is 1. The third-order valence-corrected chi connectivity index (χ3v) is 2.88. The van der Waals surface area contributed by atoms with Gasteiger partial charge in [0.1, 0.15) is 18.0 Å². The van der Waals surface area contributed by atoms with Gasteiger partial charge in [0.05, 0.1) is 6.54 Å². The first-order valence-electron chi connectivity index (χ1n) is 6.88. The van der Waals surface area contributed by atoms with Gasteiger partial charge in [-0.3, -0.25) is 4.79 Å². The second-order valence-electron chi connectivity index (χ2n) is 4.76. The lowest BCUT2D eigenvalue weighted by Gasteiger charge is -2.24.